The lowest BCUT2D eigenvalue weighted by molar-refractivity contribution is -0.149. The smallest absolute Gasteiger partial charge is 0.309 e. The Bertz CT molecular complexity index is 537. The highest BCUT2D eigenvalue weighted by Crippen LogP contribution is 2.18. The van der Waals surface area contributed by atoms with Crippen molar-refractivity contribution in [1.29, 1.82) is 0 Å². The summed E-state index contributed by atoms with van der Waals surface area (Å²) in [4.78, 5) is 18.8. The summed E-state index contributed by atoms with van der Waals surface area (Å²) in [5.74, 6) is 1.71. The fraction of sp³-hybridized carbons (Fsp3) is 0.684. The van der Waals surface area contributed by atoms with Gasteiger partial charge in [-0.1, -0.05) is 0 Å². The van der Waals surface area contributed by atoms with Gasteiger partial charge in [0.1, 0.15) is 12.4 Å². The Morgan fingerprint density at radius 1 is 1.38 bits per heavy atom. The van der Waals surface area contributed by atoms with Crippen molar-refractivity contribution in [2.45, 2.75) is 39.7 Å². The molecule has 1 aliphatic heterocycles. The maximum absolute atomic E-state index is 11.9. The lowest BCUT2D eigenvalue weighted by Crippen LogP contribution is -2.46. The van der Waals surface area contributed by atoms with Crippen molar-refractivity contribution in [1.82, 2.24) is 10.2 Å². The topological polar surface area (TPSA) is 76.3 Å². The maximum atomic E-state index is 11.9. The van der Waals surface area contributed by atoms with Gasteiger partial charge < -0.3 is 24.1 Å². The lowest BCUT2D eigenvalue weighted by Gasteiger charge is -2.33. The molecule has 0 saturated carbocycles. The van der Waals surface area contributed by atoms with Gasteiger partial charge in [-0.2, -0.15) is 0 Å². The summed E-state index contributed by atoms with van der Waals surface area (Å²) in [7, 11) is 0. The predicted octanol–water partition coefficient (Wildman–Crippen LogP) is 2.43. The molecule has 0 atom stereocenters. The molecule has 1 aromatic heterocycles. The maximum Gasteiger partial charge on any atom is 0.309 e. The van der Waals surface area contributed by atoms with Crippen molar-refractivity contribution < 1.29 is 18.7 Å². The van der Waals surface area contributed by atoms with Crippen LogP contribution in [0.25, 0.3) is 0 Å². The third kappa shape index (κ3) is 6.71. The molecule has 1 aromatic rings. The molecule has 26 heavy (non-hydrogen) atoms. The van der Waals surface area contributed by atoms with E-state index >= 15 is 0 Å². The van der Waals surface area contributed by atoms with Crippen LogP contribution in [-0.2, 0) is 20.9 Å². The van der Waals surface area contributed by atoms with Crippen LogP contribution in [0.15, 0.2) is 27.8 Å². The molecule has 0 amide bonds. The van der Waals surface area contributed by atoms with Gasteiger partial charge >= 0.3 is 5.97 Å². The minimum atomic E-state index is -0.0669. The summed E-state index contributed by atoms with van der Waals surface area (Å²) in [5, 5.41) is 3.34. The van der Waals surface area contributed by atoms with E-state index in [1.54, 1.807) is 6.26 Å². The van der Waals surface area contributed by atoms with E-state index in [0.29, 0.717) is 26.4 Å². The zero-order valence-corrected chi connectivity index (χ0v) is 15.9. The van der Waals surface area contributed by atoms with Crippen LogP contribution in [-0.4, -0.2) is 56.2 Å². The Labute approximate surface area is 155 Å². The lowest BCUT2D eigenvalue weighted by atomic mass is 9.97. The summed E-state index contributed by atoms with van der Waals surface area (Å²) < 4.78 is 15.9. The SMILES string of the molecule is CCNC(=NCCCOCc1ccco1)N1CCC(C(=O)OCC)CC1. The van der Waals surface area contributed by atoms with Gasteiger partial charge in [0.15, 0.2) is 5.96 Å². The number of guanidine groups is 1. The van der Waals surface area contributed by atoms with Crippen molar-refractivity contribution in [3.8, 4) is 0 Å². The van der Waals surface area contributed by atoms with Crippen LogP contribution in [0, 0.1) is 5.92 Å². The standard InChI is InChI=1S/C19H31N3O4/c1-3-20-19(21-10-6-13-24-15-17-7-5-14-26-17)22-11-8-16(9-12-22)18(23)25-4-2/h5,7,14,16H,3-4,6,8-13,15H2,1-2H3,(H,20,21). The molecule has 1 aliphatic rings. The predicted molar refractivity (Wildman–Crippen MR) is 99.9 cm³/mol. The Kier molecular flexibility index (Phi) is 9.03. The monoisotopic (exact) mass is 365 g/mol. The number of hydrogen-bond donors (Lipinski definition) is 1. The second-order valence-corrected chi connectivity index (χ2v) is 6.23. The van der Waals surface area contributed by atoms with Crippen LogP contribution in [0.5, 0.6) is 0 Å². The van der Waals surface area contributed by atoms with Gasteiger partial charge in [0.25, 0.3) is 0 Å². The van der Waals surface area contributed by atoms with Crippen molar-refractivity contribution in [2.75, 3.05) is 39.4 Å². The number of hydrogen-bond acceptors (Lipinski definition) is 5. The van der Waals surface area contributed by atoms with E-state index in [4.69, 9.17) is 13.9 Å². The second kappa shape index (κ2) is 11.6. The van der Waals surface area contributed by atoms with E-state index in [2.05, 4.69) is 22.1 Å². The molecule has 1 saturated heterocycles. The number of nitrogens with zero attached hydrogens (tertiary/aromatic N) is 2. The van der Waals surface area contributed by atoms with Crippen LogP contribution in [0.1, 0.15) is 38.9 Å². The van der Waals surface area contributed by atoms with Gasteiger partial charge in [0.05, 0.1) is 18.8 Å². The number of aliphatic imine (C=N–C) groups is 1. The van der Waals surface area contributed by atoms with Crippen LogP contribution in [0.3, 0.4) is 0 Å². The molecule has 0 spiro atoms. The summed E-state index contributed by atoms with van der Waals surface area (Å²) in [6.45, 7) is 8.69. The van der Waals surface area contributed by atoms with Gasteiger partial charge in [-0.05, 0) is 45.2 Å². The molecule has 7 nitrogen and oxygen atoms in total. The Balaban J connectivity index is 1.70. The first-order valence-corrected chi connectivity index (χ1v) is 9.54. The molecular formula is C19H31N3O4. The van der Waals surface area contributed by atoms with E-state index in [1.165, 1.54) is 0 Å². The van der Waals surface area contributed by atoms with Crippen molar-refractivity contribution in [2.24, 2.45) is 10.9 Å². The van der Waals surface area contributed by atoms with Gasteiger partial charge in [0, 0.05) is 32.8 Å². The molecule has 1 N–H and O–H groups in total. The first-order valence-electron chi connectivity index (χ1n) is 9.54. The van der Waals surface area contributed by atoms with Gasteiger partial charge in [-0.25, -0.2) is 0 Å². The van der Waals surface area contributed by atoms with E-state index in [9.17, 15) is 4.79 Å². The molecule has 0 bridgehead atoms. The molecular weight excluding hydrogens is 334 g/mol. The first kappa shape index (κ1) is 20.3. The summed E-state index contributed by atoms with van der Waals surface area (Å²) in [5.41, 5.74) is 0. The largest absolute Gasteiger partial charge is 0.467 e. The van der Waals surface area contributed by atoms with Gasteiger partial charge in [-0.3, -0.25) is 9.79 Å². The Morgan fingerprint density at radius 2 is 2.19 bits per heavy atom. The highest BCUT2D eigenvalue weighted by atomic mass is 16.5. The Morgan fingerprint density at radius 3 is 2.85 bits per heavy atom. The third-order valence-corrected chi connectivity index (χ3v) is 4.28. The van der Waals surface area contributed by atoms with Crippen LogP contribution in [0.4, 0.5) is 0 Å². The van der Waals surface area contributed by atoms with Crippen molar-refractivity contribution in [3.63, 3.8) is 0 Å². The molecule has 0 aromatic carbocycles. The fourth-order valence-corrected chi connectivity index (χ4v) is 2.93. The van der Waals surface area contributed by atoms with E-state index in [0.717, 1.165) is 50.6 Å². The van der Waals surface area contributed by atoms with Crippen LogP contribution < -0.4 is 5.32 Å². The molecule has 2 heterocycles. The fourth-order valence-electron chi connectivity index (χ4n) is 2.93. The van der Waals surface area contributed by atoms with Gasteiger partial charge in [0.2, 0.25) is 0 Å². The highest BCUT2D eigenvalue weighted by molar-refractivity contribution is 5.80. The molecule has 0 radical (unpaired) electrons. The summed E-state index contributed by atoms with van der Waals surface area (Å²) in [6, 6.07) is 3.76. The minimum absolute atomic E-state index is 0.0177. The minimum Gasteiger partial charge on any atom is -0.467 e. The molecule has 0 aliphatic carbocycles. The molecule has 0 unspecified atom stereocenters. The van der Waals surface area contributed by atoms with Crippen molar-refractivity contribution in [3.05, 3.63) is 24.2 Å². The third-order valence-electron chi connectivity index (χ3n) is 4.28. The van der Waals surface area contributed by atoms with Crippen LogP contribution in [0.2, 0.25) is 0 Å². The number of nitrogens with one attached hydrogen (secondary N) is 1. The number of piperidine rings is 1. The summed E-state index contributed by atoms with van der Waals surface area (Å²) in [6.07, 6.45) is 4.14. The number of furan rings is 1. The van der Waals surface area contributed by atoms with E-state index < -0.39 is 0 Å². The number of carbonyl (C=O) groups is 1. The number of likely N-dealkylation sites (tertiary alicyclic amines) is 1. The normalized spacial score (nSPS) is 15.9. The molecule has 1 fully saturated rings. The summed E-state index contributed by atoms with van der Waals surface area (Å²) >= 11 is 0. The molecule has 146 valence electrons. The van der Waals surface area contributed by atoms with E-state index in [-0.39, 0.29) is 11.9 Å². The second-order valence-electron chi connectivity index (χ2n) is 6.23. The molecule has 2 rings (SSSR count). The van der Waals surface area contributed by atoms with Gasteiger partial charge in [-0.15, -0.1) is 0 Å². The zero-order chi connectivity index (χ0) is 18.6. The zero-order valence-electron chi connectivity index (χ0n) is 15.9. The average molecular weight is 365 g/mol. The first-order chi connectivity index (χ1) is 12.7. The van der Waals surface area contributed by atoms with Crippen molar-refractivity contribution >= 4 is 11.9 Å². The number of esters is 1. The number of rotatable bonds is 9. The quantitative estimate of drug-likeness (QED) is 0.313. The van der Waals surface area contributed by atoms with E-state index in [1.807, 2.05) is 19.1 Å². The average Bonchev–Trinajstić information content (AvgIpc) is 3.17. The number of ether oxygens (including phenoxy) is 2. The Hall–Kier alpha value is -2.02. The highest BCUT2D eigenvalue weighted by Gasteiger charge is 2.27. The number of carbonyl (C=O) groups excluding carboxylic acids is 1. The molecule has 7 heteroatoms. The van der Waals surface area contributed by atoms with Crippen LogP contribution >= 0.6 is 0 Å².